The molecule has 0 saturated heterocycles. The fourth-order valence-corrected chi connectivity index (χ4v) is 2.17. The van der Waals surface area contributed by atoms with Gasteiger partial charge >= 0.3 is 11.7 Å². The van der Waals surface area contributed by atoms with E-state index in [0.29, 0.717) is 5.06 Å². The van der Waals surface area contributed by atoms with Gasteiger partial charge in [0.2, 0.25) is 0 Å². The highest BCUT2D eigenvalue weighted by atomic mass is 16.7. The van der Waals surface area contributed by atoms with E-state index in [0.717, 1.165) is 0 Å². The molecule has 116 valence electrons. The van der Waals surface area contributed by atoms with Crippen molar-refractivity contribution in [2.45, 2.75) is 13.0 Å². The zero-order chi connectivity index (χ0) is 16.4. The molecule has 2 heterocycles. The number of aryl methyl sites for hydroxylation is 1. The van der Waals surface area contributed by atoms with Crippen LogP contribution in [0.1, 0.15) is 27.1 Å². The molecule has 23 heavy (non-hydrogen) atoms. The SMILES string of the molecule is O=C(CCn1cccnc1=O)ON1C(=O)c2ccccc2C1=O. The van der Waals surface area contributed by atoms with E-state index < -0.39 is 23.5 Å². The molecule has 1 aromatic carbocycles. The molecule has 0 aliphatic carbocycles. The summed E-state index contributed by atoms with van der Waals surface area (Å²) >= 11 is 0. The zero-order valence-corrected chi connectivity index (χ0v) is 11.8. The highest BCUT2D eigenvalue weighted by Crippen LogP contribution is 2.22. The van der Waals surface area contributed by atoms with Crippen LogP contribution >= 0.6 is 0 Å². The lowest BCUT2D eigenvalue weighted by molar-refractivity contribution is -0.168. The molecule has 1 aromatic heterocycles. The summed E-state index contributed by atoms with van der Waals surface area (Å²) in [4.78, 5) is 55.7. The molecule has 8 heteroatoms. The molecule has 0 atom stereocenters. The number of carbonyl (C=O) groups is 3. The predicted molar refractivity (Wildman–Crippen MR) is 76.1 cm³/mol. The van der Waals surface area contributed by atoms with Gasteiger partial charge in [-0.15, -0.1) is 0 Å². The second-order valence-corrected chi connectivity index (χ2v) is 4.76. The van der Waals surface area contributed by atoms with E-state index >= 15 is 0 Å². The minimum Gasteiger partial charge on any atom is -0.330 e. The van der Waals surface area contributed by atoms with Crippen molar-refractivity contribution >= 4 is 17.8 Å². The maximum Gasteiger partial charge on any atom is 0.347 e. The van der Waals surface area contributed by atoms with Gasteiger partial charge in [0.15, 0.2) is 0 Å². The minimum atomic E-state index is -0.796. The summed E-state index contributed by atoms with van der Waals surface area (Å²) in [5.41, 5.74) is -0.122. The highest BCUT2D eigenvalue weighted by molar-refractivity contribution is 6.20. The summed E-state index contributed by atoms with van der Waals surface area (Å²) in [7, 11) is 0. The molecule has 0 bridgehead atoms. The van der Waals surface area contributed by atoms with E-state index in [1.807, 2.05) is 0 Å². The van der Waals surface area contributed by atoms with Crippen LogP contribution in [-0.4, -0.2) is 32.4 Å². The first-order valence-electron chi connectivity index (χ1n) is 6.78. The van der Waals surface area contributed by atoms with Gasteiger partial charge in [0.25, 0.3) is 11.8 Å². The van der Waals surface area contributed by atoms with Gasteiger partial charge in [-0.25, -0.2) is 14.6 Å². The van der Waals surface area contributed by atoms with Crippen LogP contribution < -0.4 is 5.69 Å². The molecule has 0 fully saturated rings. The molecule has 1 aliphatic heterocycles. The van der Waals surface area contributed by atoms with Gasteiger partial charge in [0.1, 0.15) is 0 Å². The third-order valence-electron chi connectivity index (χ3n) is 3.29. The van der Waals surface area contributed by atoms with Crippen molar-refractivity contribution in [1.82, 2.24) is 14.6 Å². The quantitative estimate of drug-likeness (QED) is 0.757. The third-order valence-corrected chi connectivity index (χ3v) is 3.29. The van der Waals surface area contributed by atoms with Gasteiger partial charge in [-0.2, -0.15) is 0 Å². The van der Waals surface area contributed by atoms with Crippen LogP contribution in [-0.2, 0) is 16.2 Å². The standard InChI is InChI=1S/C15H11N3O5/c19-12(6-9-17-8-3-7-16-15(17)22)23-18-13(20)10-4-1-2-5-11(10)14(18)21/h1-5,7-8H,6,9H2. The largest absolute Gasteiger partial charge is 0.347 e. The van der Waals surface area contributed by atoms with Gasteiger partial charge in [0, 0.05) is 18.9 Å². The molecule has 1 aliphatic rings. The van der Waals surface area contributed by atoms with Crippen LogP contribution in [0.2, 0.25) is 0 Å². The Morgan fingerprint density at radius 2 is 1.70 bits per heavy atom. The van der Waals surface area contributed by atoms with Crippen molar-refractivity contribution in [3.63, 3.8) is 0 Å². The van der Waals surface area contributed by atoms with E-state index in [-0.39, 0.29) is 24.1 Å². The van der Waals surface area contributed by atoms with Crippen LogP contribution in [0, 0.1) is 0 Å². The van der Waals surface area contributed by atoms with Crippen LogP contribution in [0.5, 0.6) is 0 Å². The van der Waals surface area contributed by atoms with Crippen molar-refractivity contribution in [3.05, 3.63) is 64.3 Å². The number of benzene rings is 1. The van der Waals surface area contributed by atoms with E-state index in [1.165, 1.54) is 29.1 Å². The molecule has 2 aromatic rings. The van der Waals surface area contributed by atoms with Crippen molar-refractivity contribution in [3.8, 4) is 0 Å². The molecular formula is C15H11N3O5. The number of hydrogen-bond acceptors (Lipinski definition) is 6. The molecule has 0 radical (unpaired) electrons. The monoisotopic (exact) mass is 313 g/mol. The number of aromatic nitrogens is 2. The number of carbonyl (C=O) groups excluding carboxylic acids is 3. The molecule has 8 nitrogen and oxygen atoms in total. The average Bonchev–Trinajstić information content (AvgIpc) is 2.80. The maximum absolute atomic E-state index is 12.0. The van der Waals surface area contributed by atoms with Crippen molar-refractivity contribution in [2.75, 3.05) is 0 Å². The molecule has 0 spiro atoms. The summed E-state index contributed by atoms with van der Waals surface area (Å²) in [6.07, 6.45) is 2.64. The van der Waals surface area contributed by atoms with Gasteiger partial charge in [-0.1, -0.05) is 17.2 Å². The van der Waals surface area contributed by atoms with Crippen molar-refractivity contribution in [2.24, 2.45) is 0 Å². The number of fused-ring (bicyclic) bond motifs is 1. The molecule has 3 rings (SSSR count). The zero-order valence-electron chi connectivity index (χ0n) is 11.8. The minimum absolute atomic E-state index is 0.0364. The Morgan fingerprint density at radius 1 is 1.04 bits per heavy atom. The molecule has 2 amide bonds. The Morgan fingerprint density at radius 3 is 2.30 bits per heavy atom. The second kappa shape index (κ2) is 5.84. The second-order valence-electron chi connectivity index (χ2n) is 4.76. The van der Waals surface area contributed by atoms with Crippen LogP contribution in [0.15, 0.2) is 47.5 Å². The molecule has 0 N–H and O–H groups in total. The molecule has 0 saturated carbocycles. The van der Waals surface area contributed by atoms with E-state index in [9.17, 15) is 19.2 Å². The summed E-state index contributed by atoms with van der Waals surface area (Å²) in [6, 6.07) is 7.75. The van der Waals surface area contributed by atoms with Gasteiger partial charge in [-0.3, -0.25) is 14.2 Å². The van der Waals surface area contributed by atoms with Crippen molar-refractivity contribution < 1.29 is 19.2 Å². The van der Waals surface area contributed by atoms with Gasteiger partial charge < -0.3 is 4.84 Å². The van der Waals surface area contributed by atoms with Crippen molar-refractivity contribution in [1.29, 1.82) is 0 Å². The van der Waals surface area contributed by atoms with E-state index in [1.54, 1.807) is 18.2 Å². The van der Waals surface area contributed by atoms with Crippen LogP contribution in [0.3, 0.4) is 0 Å². The number of hydroxylamine groups is 2. The average molecular weight is 313 g/mol. The number of imide groups is 1. The summed E-state index contributed by atoms with van der Waals surface area (Å²) in [5, 5.41) is 0.443. The Hall–Kier alpha value is -3.29. The number of nitrogens with zero attached hydrogens (tertiary/aromatic N) is 3. The highest BCUT2D eigenvalue weighted by Gasteiger charge is 2.38. The number of rotatable bonds is 4. The van der Waals surface area contributed by atoms with E-state index in [4.69, 9.17) is 4.84 Å². The van der Waals surface area contributed by atoms with Gasteiger partial charge in [0.05, 0.1) is 17.5 Å². The molecular weight excluding hydrogens is 302 g/mol. The first-order chi connectivity index (χ1) is 11.1. The lowest BCUT2D eigenvalue weighted by Gasteiger charge is -2.12. The van der Waals surface area contributed by atoms with Crippen LogP contribution in [0.4, 0.5) is 0 Å². The third kappa shape index (κ3) is 2.73. The topological polar surface area (TPSA) is 98.6 Å². The predicted octanol–water partition coefficient (Wildman–Crippen LogP) is 0.388. The number of amides is 2. The molecule has 0 unspecified atom stereocenters. The Labute approximate surface area is 129 Å². The lowest BCUT2D eigenvalue weighted by atomic mass is 10.1. The lowest BCUT2D eigenvalue weighted by Crippen LogP contribution is -2.33. The summed E-state index contributed by atoms with van der Waals surface area (Å²) in [6.45, 7) is 0.0364. The fourth-order valence-electron chi connectivity index (χ4n) is 2.17. The smallest absolute Gasteiger partial charge is 0.330 e. The Bertz CT molecular complexity index is 823. The first kappa shape index (κ1) is 14.6. The number of hydrogen-bond donors (Lipinski definition) is 0. The van der Waals surface area contributed by atoms with Gasteiger partial charge in [-0.05, 0) is 18.2 Å². The normalized spacial score (nSPS) is 13.1. The van der Waals surface area contributed by atoms with Crippen LogP contribution in [0.25, 0.3) is 0 Å². The fraction of sp³-hybridized carbons (Fsp3) is 0.133. The summed E-state index contributed by atoms with van der Waals surface area (Å²) in [5.74, 6) is -2.16. The summed E-state index contributed by atoms with van der Waals surface area (Å²) < 4.78 is 1.23. The Balaban J connectivity index is 1.65. The first-order valence-corrected chi connectivity index (χ1v) is 6.78. The van der Waals surface area contributed by atoms with E-state index in [2.05, 4.69) is 4.98 Å². The Kier molecular flexibility index (Phi) is 3.71. The maximum atomic E-state index is 12.0.